The van der Waals surface area contributed by atoms with Gasteiger partial charge in [0.2, 0.25) is 0 Å². The Hall–Kier alpha value is -1.81. The number of hydrogen-bond donors (Lipinski definition) is 1. The Kier molecular flexibility index (Phi) is 5.18. The number of hydrogen-bond acceptors (Lipinski definition) is 3. The second-order valence-electron chi connectivity index (χ2n) is 4.95. The molecule has 2 aromatic rings. The Morgan fingerprint density at radius 2 is 2.00 bits per heavy atom. The van der Waals surface area contributed by atoms with Gasteiger partial charge in [0.1, 0.15) is 12.4 Å². The maximum absolute atomic E-state index is 6.00. The molecule has 1 aromatic heterocycles. The zero-order valence-corrected chi connectivity index (χ0v) is 12.2. The van der Waals surface area contributed by atoms with Crippen molar-refractivity contribution >= 4 is 0 Å². The van der Waals surface area contributed by atoms with Crippen molar-refractivity contribution in [3.05, 3.63) is 48.0 Å². The lowest BCUT2D eigenvalue weighted by molar-refractivity contribution is 0.294. The zero-order valence-electron chi connectivity index (χ0n) is 12.2. The first-order valence-corrected chi connectivity index (χ1v) is 7.22. The fourth-order valence-electron chi connectivity index (χ4n) is 2.11. The van der Waals surface area contributed by atoms with E-state index in [-0.39, 0.29) is 6.04 Å². The number of imidazole rings is 1. The molecule has 4 nitrogen and oxygen atoms in total. The van der Waals surface area contributed by atoms with Gasteiger partial charge in [0.15, 0.2) is 0 Å². The average molecular weight is 273 g/mol. The molecule has 0 saturated carbocycles. The number of nitrogens with two attached hydrogens (primary N) is 1. The van der Waals surface area contributed by atoms with Gasteiger partial charge in [-0.05, 0) is 30.5 Å². The molecule has 1 atom stereocenters. The third kappa shape index (κ3) is 3.61. The van der Waals surface area contributed by atoms with Gasteiger partial charge in [-0.3, -0.25) is 0 Å². The fourth-order valence-corrected chi connectivity index (χ4v) is 2.11. The van der Waals surface area contributed by atoms with Crippen LogP contribution in [-0.2, 0) is 13.2 Å². The van der Waals surface area contributed by atoms with Gasteiger partial charge in [-0.15, -0.1) is 0 Å². The Balaban J connectivity index is 1.95. The topological polar surface area (TPSA) is 53.1 Å². The molecule has 2 N–H and O–H groups in total. The summed E-state index contributed by atoms with van der Waals surface area (Å²) in [6.07, 6.45) is 5.74. The lowest BCUT2D eigenvalue weighted by Gasteiger charge is -2.11. The van der Waals surface area contributed by atoms with Crippen molar-refractivity contribution in [1.29, 1.82) is 0 Å². The van der Waals surface area contributed by atoms with Crippen LogP contribution in [0.4, 0.5) is 0 Å². The molecule has 0 aliphatic rings. The van der Waals surface area contributed by atoms with Crippen molar-refractivity contribution in [1.82, 2.24) is 9.55 Å². The van der Waals surface area contributed by atoms with Crippen molar-refractivity contribution in [3.8, 4) is 5.75 Å². The molecule has 2 rings (SSSR count). The Labute approximate surface area is 120 Å². The summed E-state index contributed by atoms with van der Waals surface area (Å²) in [5, 5.41) is 0. The van der Waals surface area contributed by atoms with Gasteiger partial charge in [0, 0.05) is 12.6 Å². The summed E-state index contributed by atoms with van der Waals surface area (Å²) < 4.78 is 7.93. The van der Waals surface area contributed by atoms with Crippen LogP contribution in [0.2, 0.25) is 0 Å². The van der Waals surface area contributed by atoms with Crippen LogP contribution in [0.25, 0.3) is 0 Å². The van der Waals surface area contributed by atoms with E-state index in [1.165, 1.54) is 0 Å². The largest absolute Gasteiger partial charge is 0.487 e. The molecular weight excluding hydrogens is 250 g/mol. The molecule has 0 aliphatic carbocycles. The first kappa shape index (κ1) is 14.6. The molecule has 0 fully saturated rings. The van der Waals surface area contributed by atoms with E-state index in [9.17, 15) is 0 Å². The maximum atomic E-state index is 6.00. The third-order valence-electron chi connectivity index (χ3n) is 3.40. The zero-order chi connectivity index (χ0) is 14.4. The van der Waals surface area contributed by atoms with Crippen molar-refractivity contribution in [2.45, 2.75) is 45.9 Å². The molecule has 1 aromatic carbocycles. The van der Waals surface area contributed by atoms with E-state index in [2.05, 4.69) is 23.4 Å². The highest BCUT2D eigenvalue weighted by Gasteiger charge is 2.05. The van der Waals surface area contributed by atoms with Gasteiger partial charge in [-0.25, -0.2) is 4.98 Å². The van der Waals surface area contributed by atoms with Crippen LogP contribution in [0.15, 0.2) is 36.8 Å². The summed E-state index contributed by atoms with van der Waals surface area (Å²) in [6.45, 7) is 5.76. The molecule has 1 heterocycles. The molecule has 20 heavy (non-hydrogen) atoms. The summed E-state index contributed by atoms with van der Waals surface area (Å²) >= 11 is 0. The SMILES string of the molecule is CCCn1cncc1COc1ccc([C@H](N)CC)cc1. The van der Waals surface area contributed by atoms with Gasteiger partial charge in [0.05, 0.1) is 18.2 Å². The molecule has 0 bridgehead atoms. The van der Waals surface area contributed by atoms with E-state index < -0.39 is 0 Å². The standard InChI is InChI=1S/C16H23N3O/c1-3-9-19-12-18-10-14(19)11-20-15-7-5-13(6-8-15)16(17)4-2/h5-8,10,12,16H,3-4,9,11,17H2,1-2H3/t16-/m1/s1. The molecule has 0 saturated heterocycles. The smallest absolute Gasteiger partial charge is 0.130 e. The second-order valence-corrected chi connectivity index (χ2v) is 4.95. The number of ether oxygens (including phenoxy) is 1. The van der Waals surface area contributed by atoms with E-state index in [1.54, 1.807) is 0 Å². The second kappa shape index (κ2) is 7.10. The minimum atomic E-state index is 0.107. The Morgan fingerprint density at radius 1 is 1.25 bits per heavy atom. The highest BCUT2D eigenvalue weighted by atomic mass is 16.5. The molecule has 0 aliphatic heterocycles. The van der Waals surface area contributed by atoms with Gasteiger partial charge in [0.25, 0.3) is 0 Å². The number of rotatable bonds is 7. The van der Waals surface area contributed by atoms with E-state index in [4.69, 9.17) is 10.5 Å². The number of benzene rings is 1. The predicted octanol–water partition coefficient (Wildman–Crippen LogP) is 3.28. The lowest BCUT2D eigenvalue weighted by atomic mass is 10.1. The molecule has 0 unspecified atom stereocenters. The number of aryl methyl sites for hydroxylation is 1. The van der Waals surface area contributed by atoms with Gasteiger partial charge in [-0.1, -0.05) is 26.0 Å². The van der Waals surface area contributed by atoms with Crippen LogP contribution in [0.1, 0.15) is 44.0 Å². The quantitative estimate of drug-likeness (QED) is 0.842. The molecule has 0 spiro atoms. The van der Waals surface area contributed by atoms with Gasteiger partial charge < -0.3 is 15.0 Å². The van der Waals surface area contributed by atoms with Crippen molar-refractivity contribution in [3.63, 3.8) is 0 Å². The number of aromatic nitrogens is 2. The fraction of sp³-hybridized carbons (Fsp3) is 0.438. The van der Waals surface area contributed by atoms with Crippen LogP contribution in [-0.4, -0.2) is 9.55 Å². The first-order chi connectivity index (χ1) is 9.74. The Morgan fingerprint density at radius 3 is 2.65 bits per heavy atom. The van der Waals surface area contributed by atoms with Crippen molar-refractivity contribution in [2.75, 3.05) is 0 Å². The van der Waals surface area contributed by atoms with E-state index in [0.29, 0.717) is 6.61 Å². The minimum absolute atomic E-state index is 0.107. The van der Waals surface area contributed by atoms with Crippen LogP contribution in [0.3, 0.4) is 0 Å². The summed E-state index contributed by atoms with van der Waals surface area (Å²) in [4.78, 5) is 4.17. The van der Waals surface area contributed by atoms with Gasteiger partial charge >= 0.3 is 0 Å². The van der Waals surface area contributed by atoms with E-state index in [0.717, 1.165) is 36.4 Å². The summed E-state index contributed by atoms with van der Waals surface area (Å²) in [7, 11) is 0. The Bertz CT molecular complexity index is 519. The van der Waals surface area contributed by atoms with E-state index in [1.807, 2.05) is 36.8 Å². The number of nitrogens with zero attached hydrogens (tertiary/aromatic N) is 2. The van der Waals surface area contributed by atoms with Crippen molar-refractivity contribution < 1.29 is 4.74 Å². The molecule has 0 radical (unpaired) electrons. The summed E-state index contributed by atoms with van der Waals surface area (Å²) in [5.41, 5.74) is 8.24. The van der Waals surface area contributed by atoms with Crippen LogP contribution in [0.5, 0.6) is 5.75 Å². The van der Waals surface area contributed by atoms with Crippen molar-refractivity contribution in [2.24, 2.45) is 5.73 Å². The minimum Gasteiger partial charge on any atom is -0.487 e. The van der Waals surface area contributed by atoms with Crippen LogP contribution in [0, 0.1) is 0 Å². The molecular formula is C16H23N3O. The highest BCUT2D eigenvalue weighted by Crippen LogP contribution is 2.19. The monoisotopic (exact) mass is 273 g/mol. The molecule has 108 valence electrons. The summed E-state index contributed by atoms with van der Waals surface area (Å²) in [6, 6.07) is 8.13. The molecule has 0 amide bonds. The van der Waals surface area contributed by atoms with Crippen LogP contribution >= 0.6 is 0 Å². The lowest BCUT2D eigenvalue weighted by Crippen LogP contribution is -2.08. The highest BCUT2D eigenvalue weighted by molar-refractivity contribution is 5.29. The summed E-state index contributed by atoms with van der Waals surface area (Å²) in [5.74, 6) is 0.862. The first-order valence-electron chi connectivity index (χ1n) is 7.22. The normalized spacial score (nSPS) is 12.3. The third-order valence-corrected chi connectivity index (χ3v) is 3.40. The van der Waals surface area contributed by atoms with E-state index >= 15 is 0 Å². The molecule has 4 heteroatoms. The van der Waals surface area contributed by atoms with Gasteiger partial charge in [-0.2, -0.15) is 0 Å². The predicted molar refractivity (Wildman–Crippen MR) is 80.5 cm³/mol. The average Bonchev–Trinajstić information content (AvgIpc) is 2.92. The van der Waals surface area contributed by atoms with Crippen LogP contribution < -0.4 is 10.5 Å². The maximum Gasteiger partial charge on any atom is 0.130 e.